The van der Waals surface area contributed by atoms with Crippen molar-refractivity contribution in [2.24, 2.45) is 0 Å². The van der Waals surface area contributed by atoms with E-state index in [1.165, 1.54) is 0 Å². The summed E-state index contributed by atoms with van der Waals surface area (Å²) in [4.78, 5) is 15.0. The third-order valence-electron chi connectivity index (χ3n) is 3.86. The Bertz CT molecular complexity index is 868. The zero-order chi connectivity index (χ0) is 15.1. The number of aromatic nitrogens is 3. The standard InChI is InChI=1S/C16H13ClN4O/c17-16-19-14-12(4-1-7-18-14)15(20-16)21-8-2-3-10-9-11(22)5-6-13(10)21/h1,4-7,9,22H,2-3,8H2. The summed E-state index contributed by atoms with van der Waals surface area (Å²) in [6, 6.07) is 9.24. The number of phenolic OH excluding ortho intramolecular Hbond substituents is 1. The summed E-state index contributed by atoms with van der Waals surface area (Å²) in [5.41, 5.74) is 2.74. The van der Waals surface area contributed by atoms with E-state index in [4.69, 9.17) is 11.6 Å². The lowest BCUT2D eigenvalue weighted by Crippen LogP contribution is -2.25. The second-order valence-corrected chi connectivity index (χ2v) is 5.60. The molecule has 22 heavy (non-hydrogen) atoms. The van der Waals surface area contributed by atoms with Gasteiger partial charge in [0.25, 0.3) is 0 Å². The van der Waals surface area contributed by atoms with Crippen molar-refractivity contribution in [2.75, 3.05) is 11.4 Å². The quantitative estimate of drug-likeness (QED) is 0.697. The number of phenols is 1. The molecule has 0 amide bonds. The van der Waals surface area contributed by atoms with Gasteiger partial charge in [-0.25, -0.2) is 4.98 Å². The molecule has 0 bridgehead atoms. The molecule has 0 unspecified atom stereocenters. The van der Waals surface area contributed by atoms with Crippen LogP contribution in [0, 0.1) is 0 Å². The minimum Gasteiger partial charge on any atom is -0.508 e. The molecular formula is C16H13ClN4O. The number of nitrogens with zero attached hydrogens (tertiary/aromatic N) is 4. The Morgan fingerprint density at radius 3 is 3.00 bits per heavy atom. The number of aryl methyl sites for hydroxylation is 1. The highest BCUT2D eigenvalue weighted by Crippen LogP contribution is 2.37. The number of hydrogen-bond donors (Lipinski definition) is 1. The fourth-order valence-corrected chi connectivity index (χ4v) is 3.09. The molecule has 0 saturated carbocycles. The first-order valence-electron chi connectivity index (χ1n) is 7.10. The molecule has 1 aromatic carbocycles. The van der Waals surface area contributed by atoms with Crippen molar-refractivity contribution < 1.29 is 5.11 Å². The largest absolute Gasteiger partial charge is 0.508 e. The van der Waals surface area contributed by atoms with Gasteiger partial charge in [0.15, 0.2) is 5.65 Å². The van der Waals surface area contributed by atoms with Crippen molar-refractivity contribution in [3.05, 3.63) is 47.4 Å². The first-order chi connectivity index (χ1) is 10.7. The summed E-state index contributed by atoms with van der Waals surface area (Å²) in [5, 5.41) is 10.7. The van der Waals surface area contributed by atoms with Crippen LogP contribution in [0.25, 0.3) is 11.0 Å². The second-order valence-electron chi connectivity index (χ2n) is 5.26. The zero-order valence-electron chi connectivity index (χ0n) is 11.7. The normalized spacial score (nSPS) is 14.1. The van der Waals surface area contributed by atoms with Crippen molar-refractivity contribution in [1.82, 2.24) is 15.0 Å². The van der Waals surface area contributed by atoms with Gasteiger partial charge >= 0.3 is 0 Å². The Hall–Kier alpha value is -2.40. The number of pyridine rings is 1. The van der Waals surface area contributed by atoms with Gasteiger partial charge in [0.2, 0.25) is 5.28 Å². The molecular weight excluding hydrogens is 300 g/mol. The maximum Gasteiger partial charge on any atom is 0.226 e. The lowest BCUT2D eigenvalue weighted by atomic mass is 10.0. The van der Waals surface area contributed by atoms with E-state index in [2.05, 4.69) is 19.9 Å². The summed E-state index contributed by atoms with van der Waals surface area (Å²) in [5.74, 6) is 1.04. The molecule has 110 valence electrons. The van der Waals surface area contributed by atoms with Gasteiger partial charge in [0.1, 0.15) is 11.6 Å². The highest BCUT2D eigenvalue weighted by molar-refractivity contribution is 6.28. The van der Waals surface area contributed by atoms with Crippen molar-refractivity contribution in [3.63, 3.8) is 0 Å². The molecule has 1 aliphatic heterocycles. The number of halogens is 1. The SMILES string of the molecule is Oc1ccc2c(c1)CCCN2c1nc(Cl)nc2ncccc12. The number of aromatic hydroxyl groups is 1. The summed E-state index contributed by atoms with van der Waals surface area (Å²) in [6.45, 7) is 0.842. The molecule has 3 aromatic rings. The molecule has 4 rings (SSSR count). The van der Waals surface area contributed by atoms with E-state index >= 15 is 0 Å². The van der Waals surface area contributed by atoms with Crippen LogP contribution in [0.3, 0.4) is 0 Å². The van der Waals surface area contributed by atoms with Gasteiger partial charge in [0, 0.05) is 18.4 Å². The van der Waals surface area contributed by atoms with Crippen LogP contribution in [0.4, 0.5) is 11.5 Å². The summed E-state index contributed by atoms with van der Waals surface area (Å²) in [6.07, 6.45) is 3.62. The maximum absolute atomic E-state index is 9.69. The van der Waals surface area contributed by atoms with E-state index in [9.17, 15) is 5.11 Å². The van der Waals surface area contributed by atoms with E-state index < -0.39 is 0 Å². The molecule has 1 N–H and O–H groups in total. The number of rotatable bonds is 1. The Morgan fingerprint density at radius 2 is 2.09 bits per heavy atom. The molecule has 0 radical (unpaired) electrons. The van der Waals surface area contributed by atoms with E-state index in [-0.39, 0.29) is 11.0 Å². The van der Waals surface area contributed by atoms with E-state index in [1.807, 2.05) is 24.3 Å². The summed E-state index contributed by atoms with van der Waals surface area (Å²) < 4.78 is 0. The monoisotopic (exact) mass is 312 g/mol. The highest BCUT2D eigenvalue weighted by atomic mass is 35.5. The van der Waals surface area contributed by atoms with Crippen LogP contribution >= 0.6 is 11.6 Å². The van der Waals surface area contributed by atoms with Crippen LogP contribution < -0.4 is 4.90 Å². The van der Waals surface area contributed by atoms with Crippen LogP contribution in [-0.2, 0) is 6.42 Å². The number of hydrogen-bond acceptors (Lipinski definition) is 5. The molecule has 0 atom stereocenters. The molecule has 0 spiro atoms. The van der Waals surface area contributed by atoms with Gasteiger partial charge < -0.3 is 10.0 Å². The second kappa shape index (κ2) is 5.10. The fourth-order valence-electron chi connectivity index (χ4n) is 2.93. The lowest BCUT2D eigenvalue weighted by Gasteiger charge is -2.31. The van der Waals surface area contributed by atoms with Gasteiger partial charge in [-0.05, 0) is 60.3 Å². The smallest absolute Gasteiger partial charge is 0.226 e. The first-order valence-corrected chi connectivity index (χ1v) is 7.48. The Morgan fingerprint density at radius 1 is 1.18 bits per heavy atom. The Labute approximate surface area is 132 Å². The van der Waals surface area contributed by atoms with Crippen LogP contribution in [0.15, 0.2) is 36.5 Å². The highest BCUT2D eigenvalue weighted by Gasteiger charge is 2.22. The summed E-state index contributed by atoms with van der Waals surface area (Å²) >= 11 is 6.07. The van der Waals surface area contributed by atoms with E-state index in [0.717, 1.165) is 41.8 Å². The minimum absolute atomic E-state index is 0.187. The molecule has 0 saturated heterocycles. The van der Waals surface area contributed by atoms with Gasteiger partial charge in [-0.1, -0.05) is 0 Å². The average Bonchev–Trinajstić information content (AvgIpc) is 2.53. The lowest BCUT2D eigenvalue weighted by molar-refractivity contribution is 0.474. The Kier molecular flexibility index (Phi) is 3.08. The van der Waals surface area contributed by atoms with Crippen molar-refractivity contribution >= 4 is 34.1 Å². The molecule has 5 nitrogen and oxygen atoms in total. The van der Waals surface area contributed by atoms with Crippen molar-refractivity contribution in [2.45, 2.75) is 12.8 Å². The molecule has 0 fully saturated rings. The predicted octanol–water partition coefficient (Wildman–Crippen LogP) is 3.47. The number of fused-ring (bicyclic) bond motifs is 2. The summed E-state index contributed by atoms with van der Waals surface area (Å²) in [7, 11) is 0. The zero-order valence-corrected chi connectivity index (χ0v) is 12.5. The molecule has 6 heteroatoms. The van der Waals surface area contributed by atoms with Crippen molar-refractivity contribution in [1.29, 1.82) is 0 Å². The minimum atomic E-state index is 0.187. The molecule has 2 aromatic heterocycles. The van der Waals surface area contributed by atoms with Crippen molar-refractivity contribution in [3.8, 4) is 5.75 Å². The van der Waals surface area contributed by atoms with Crippen LogP contribution in [-0.4, -0.2) is 26.6 Å². The first kappa shape index (κ1) is 13.3. The topological polar surface area (TPSA) is 62.1 Å². The number of anilines is 2. The average molecular weight is 313 g/mol. The maximum atomic E-state index is 9.69. The third kappa shape index (κ3) is 2.14. The Balaban J connectivity index is 1.94. The predicted molar refractivity (Wildman–Crippen MR) is 85.8 cm³/mol. The molecule has 0 aliphatic carbocycles. The van der Waals surface area contributed by atoms with Gasteiger partial charge in [-0.2, -0.15) is 9.97 Å². The molecule has 3 heterocycles. The van der Waals surface area contributed by atoms with Gasteiger partial charge in [0.05, 0.1) is 5.39 Å². The van der Waals surface area contributed by atoms with E-state index in [1.54, 1.807) is 12.3 Å². The van der Waals surface area contributed by atoms with Crippen LogP contribution in [0.5, 0.6) is 5.75 Å². The van der Waals surface area contributed by atoms with Gasteiger partial charge in [-0.15, -0.1) is 0 Å². The van der Waals surface area contributed by atoms with E-state index in [0.29, 0.717) is 5.65 Å². The number of benzene rings is 1. The van der Waals surface area contributed by atoms with Crippen LogP contribution in [0.1, 0.15) is 12.0 Å². The van der Waals surface area contributed by atoms with Crippen LogP contribution in [0.2, 0.25) is 5.28 Å². The molecule has 1 aliphatic rings. The fraction of sp³-hybridized carbons (Fsp3) is 0.188. The third-order valence-corrected chi connectivity index (χ3v) is 4.03. The van der Waals surface area contributed by atoms with Gasteiger partial charge in [-0.3, -0.25) is 0 Å².